The first-order valence-corrected chi connectivity index (χ1v) is 6.38. The summed E-state index contributed by atoms with van der Waals surface area (Å²) in [6, 6.07) is 0. The molecular formula is C15H22. The smallest absolute Gasteiger partial charge is 0.00328 e. The van der Waals surface area contributed by atoms with Crippen LogP contribution in [0.1, 0.15) is 40.0 Å². The maximum Gasteiger partial charge on any atom is 0.00328 e. The molecule has 0 N–H and O–H groups in total. The third kappa shape index (κ3) is 0.859. The molecular weight excluding hydrogens is 180 g/mol. The summed E-state index contributed by atoms with van der Waals surface area (Å²) in [7, 11) is 0. The zero-order valence-electron chi connectivity index (χ0n) is 10.2. The zero-order valence-corrected chi connectivity index (χ0v) is 10.2. The van der Waals surface area contributed by atoms with E-state index < -0.39 is 0 Å². The summed E-state index contributed by atoms with van der Waals surface area (Å²) in [5, 5.41) is 0. The monoisotopic (exact) mass is 202 g/mol. The van der Waals surface area contributed by atoms with E-state index in [1.807, 2.05) is 0 Å². The second-order valence-electron chi connectivity index (χ2n) is 6.53. The van der Waals surface area contributed by atoms with Gasteiger partial charge in [-0.1, -0.05) is 45.1 Å². The van der Waals surface area contributed by atoms with E-state index in [1.54, 1.807) is 0 Å². The second kappa shape index (κ2) is 2.59. The van der Waals surface area contributed by atoms with Crippen molar-refractivity contribution < 1.29 is 0 Å². The molecule has 2 bridgehead atoms. The van der Waals surface area contributed by atoms with Crippen LogP contribution in [0.15, 0.2) is 24.3 Å². The van der Waals surface area contributed by atoms with Crippen molar-refractivity contribution in [1.82, 2.24) is 0 Å². The Morgan fingerprint density at radius 2 is 2.07 bits per heavy atom. The summed E-state index contributed by atoms with van der Waals surface area (Å²) >= 11 is 0. The molecule has 82 valence electrons. The molecule has 2 fully saturated rings. The van der Waals surface area contributed by atoms with Crippen molar-refractivity contribution >= 4 is 0 Å². The summed E-state index contributed by atoms with van der Waals surface area (Å²) in [6.45, 7) is 11.7. The molecule has 3 rings (SSSR count). The third-order valence-corrected chi connectivity index (χ3v) is 6.02. The Hall–Kier alpha value is -0.520. The Kier molecular flexibility index (Phi) is 1.67. The van der Waals surface area contributed by atoms with Crippen molar-refractivity contribution in [2.75, 3.05) is 0 Å². The van der Waals surface area contributed by atoms with Crippen LogP contribution >= 0.6 is 0 Å². The molecule has 0 aromatic rings. The van der Waals surface area contributed by atoms with Crippen LogP contribution in [0.2, 0.25) is 0 Å². The molecule has 4 atom stereocenters. The molecule has 0 amide bonds. The summed E-state index contributed by atoms with van der Waals surface area (Å²) < 4.78 is 0. The molecule has 3 aliphatic carbocycles. The highest BCUT2D eigenvalue weighted by Crippen LogP contribution is 2.71. The van der Waals surface area contributed by atoms with Crippen molar-refractivity contribution in [3.63, 3.8) is 0 Å². The molecule has 15 heavy (non-hydrogen) atoms. The quantitative estimate of drug-likeness (QED) is 0.552. The highest BCUT2D eigenvalue weighted by Gasteiger charge is 2.64. The van der Waals surface area contributed by atoms with E-state index in [9.17, 15) is 0 Å². The molecule has 0 aromatic heterocycles. The van der Waals surface area contributed by atoms with Gasteiger partial charge < -0.3 is 0 Å². The maximum atomic E-state index is 4.27. The van der Waals surface area contributed by atoms with Gasteiger partial charge in [0.25, 0.3) is 0 Å². The second-order valence-corrected chi connectivity index (χ2v) is 6.53. The van der Waals surface area contributed by atoms with Crippen molar-refractivity contribution in [2.24, 2.45) is 28.6 Å². The Labute approximate surface area is 93.5 Å². The van der Waals surface area contributed by atoms with Crippen LogP contribution in [0.4, 0.5) is 0 Å². The highest BCUT2D eigenvalue weighted by molar-refractivity contribution is 5.38. The topological polar surface area (TPSA) is 0 Å². The summed E-state index contributed by atoms with van der Waals surface area (Å²) in [4.78, 5) is 0. The fourth-order valence-electron chi connectivity index (χ4n) is 5.04. The summed E-state index contributed by atoms with van der Waals surface area (Å²) in [6.07, 6.45) is 9.08. The van der Waals surface area contributed by atoms with Gasteiger partial charge in [-0.25, -0.2) is 0 Å². The van der Waals surface area contributed by atoms with Gasteiger partial charge in [0.15, 0.2) is 0 Å². The third-order valence-electron chi connectivity index (χ3n) is 6.02. The molecule has 0 saturated heterocycles. The van der Waals surface area contributed by atoms with E-state index in [4.69, 9.17) is 0 Å². The molecule has 0 heteroatoms. The normalized spacial score (nSPS) is 50.9. The average molecular weight is 202 g/mol. The predicted octanol–water partition coefficient (Wildman–Crippen LogP) is 4.19. The van der Waals surface area contributed by atoms with Crippen molar-refractivity contribution in [1.29, 1.82) is 0 Å². The molecule has 0 aliphatic heterocycles. The number of rotatable bonds is 0. The minimum atomic E-state index is 0.451. The van der Waals surface area contributed by atoms with Gasteiger partial charge in [0.2, 0.25) is 0 Å². The van der Waals surface area contributed by atoms with Crippen LogP contribution in [0.3, 0.4) is 0 Å². The largest absolute Gasteiger partial charge is 0.0955 e. The van der Waals surface area contributed by atoms with Gasteiger partial charge in [-0.15, -0.1) is 0 Å². The van der Waals surface area contributed by atoms with E-state index in [0.717, 1.165) is 17.8 Å². The molecule has 3 aliphatic rings. The average Bonchev–Trinajstić information content (AvgIpc) is 2.53. The lowest BCUT2D eigenvalue weighted by molar-refractivity contribution is 0.00442. The molecule has 4 unspecified atom stereocenters. The van der Waals surface area contributed by atoms with Crippen LogP contribution in [0.25, 0.3) is 0 Å². The van der Waals surface area contributed by atoms with Gasteiger partial charge >= 0.3 is 0 Å². The maximum absolute atomic E-state index is 4.27. The lowest BCUT2D eigenvalue weighted by Gasteiger charge is -2.51. The Morgan fingerprint density at radius 1 is 1.33 bits per heavy atom. The first kappa shape index (κ1) is 9.69. The molecule has 1 spiro atoms. The van der Waals surface area contributed by atoms with Crippen LogP contribution in [0, 0.1) is 28.6 Å². The van der Waals surface area contributed by atoms with E-state index in [-0.39, 0.29) is 0 Å². The van der Waals surface area contributed by atoms with Crippen LogP contribution < -0.4 is 0 Å². The Morgan fingerprint density at radius 3 is 2.80 bits per heavy atom. The summed E-state index contributed by atoms with van der Waals surface area (Å²) in [5.74, 6) is 2.53. The molecule has 0 radical (unpaired) electrons. The SMILES string of the molecule is C=C1C=CC23C(C)CCC(CC12)C3(C)C. The van der Waals surface area contributed by atoms with Crippen LogP contribution in [-0.4, -0.2) is 0 Å². The van der Waals surface area contributed by atoms with E-state index in [1.165, 1.54) is 24.8 Å². The molecule has 0 nitrogen and oxygen atoms in total. The lowest BCUT2D eigenvalue weighted by atomic mass is 9.53. The van der Waals surface area contributed by atoms with Crippen LogP contribution in [-0.2, 0) is 0 Å². The Balaban J connectivity index is 2.18. The van der Waals surface area contributed by atoms with Crippen LogP contribution in [0.5, 0.6) is 0 Å². The van der Waals surface area contributed by atoms with Crippen molar-refractivity contribution in [2.45, 2.75) is 40.0 Å². The lowest BCUT2D eigenvalue weighted by Crippen LogP contribution is -2.45. The number of hydrogen-bond acceptors (Lipinski definition) is 0. The van der Waals surface area contributed by atoms with E-state index in [2.05, 4.69) is 39.5 Å². The molecule has 2 saturated carbocycles. The van der Waals surface area contributed by atoms with Gasteiger partial charge in [0.05, 0.1) is 0 Å². The van der Waals surface area contributed by atoms with E-state index in [0.29, 0.717) is 10.8 Å². The number of hydrogen-bond donors (Lipinski definition) is 0. The van der Waals surface area contributed by atoms with Gasteiger partial charge in [-0.05, 0) is 42.4 Å². The fraction of sp³-hybridized carbons (Fsp3) is 0.733. The highest BCUT2D eigenvalue weighted by atomic mass is 14.7. The van der Waals surface area contributed by atoms with E-state index >= 15 is 0 Å². The Bertz CT molecular complexity index is 347. The minimum Gasteiger partial charge on any atom is -0.0955 e. The minimum absolute atomic E-state index is 0.451. The predicted molar refractivity (Wildman–Crippen MR) is 64.5 cm³/mol. The van der Waals surface area contributed by atoms with Gasteiger partial charge in [0, 0.05) is 5.41 Å². The van der Waals surface area contributed by atoms with Gasteiger partial charge in [0.1, 0.15) is 0 Å². The van der Waals surface area contributed by atoms with Crippen molar-refractivity contribution in [3.8, 4) is 0 Å². The first-order chi connectivity index (χ1) is 7.00. The number of fused-ring (bicyclic) bond motifs is 1. The van der Waals surface area contributed by atoms with Gasteiger partial charge in [-0.3, -0.25) is 0 Å². The standard InChI is InChI=1S/C15H22/c1-10-7-8-15-11(2)5-6-12(9-13(10)15)14(15,3)4/h7-8,11-13H,1,5-6,9H2,2-4H3. The first-order valence-electron chi connectivity index (χ1n) is 6.38. The van der Waals surface area contributed by atoms with Crippen molar-refractivity contribution in [3.05, 3.63) is 24.3 Å². The molecule has 0 heterocycles. The fourth-order valence-corrected chi connectivity index (χ4v) is 5.04. The molecule has 0 aromatic carbocycles. The van der Waals surface area contributed by atoms with Gasteiger partial charge in [-0.2, -0.15) is 0 Å². The zero-order chi connectivity index (χ0) is 10.8. The number of allylic oxidation sites excluding steroid dienone is 3. The summed E-state index contributed by atoms with van der Waals surface area (Å²) in [5.41, 5.74) is 2.34.